The van der Waals surface area contributed by atoms with Crippen LogP contribution in [-0.2, 0) is 9.59 Å². The van der Waals surface area contributed by atoms with Crippen molar-refractivity contribution in [2.24, 2.45) is 11.3 Å². The van der Waals surface area contributed by atoms with Gasteiger partial charge in [-0.15, -0.1) is 0 Å². The molecule has 4 amide bonds. The first-order chi connectivity index (χ1) is 8.13. The summed E-state index contributed by atoms with van der Waals surface area (Å²) in [4.78, 5) is 37.2. The molecule has 1 saturated heterocycles. The Morgan fingerprint density at radius 3 is 2.41 bits per heavy atom. The first-order valence-electron chi connectivity index (χ1n) is 6.31. The van der Waals surface area contributed by atoms with Gasteiger partial charge in [-0.3, -0.25) is 19.8 Å². The highest BCUT2D eigenvalue weighted by atomic mass is 16.2. The van der Waals surface area contributed by atoms with Crippen LogP contribution in [0.15, 0.2) is 0 Å². The van der Waals surface area contributed by atoms with Crippen molar-refractivity contribution < 1.29 is 14.4 Å². The molecular formula is C12H16N2O3. The average Bonchev–Trinajstić information content (AvgIpc) is 2.97. The van der Waals surface area contributed by atoms with Crippen molar-refractivity contribution in [2.45, 2.75) is 38.5 Å². The van der Waals surface area contributed by atoms with Crippen LogP contribution in [0.2, 0.25) is 0 Å². The van der Waals surface area contributed by atoms with Crippen molar-refractivity contribution in [3.63, 3.8) is 0 Å². The molecule has 0 aromatic rings. The maximum atomic E-state index is 12.4. The lowest BCUT2D eigenvalue weighted by Gasteiger charge is -2.36. The second-order valence-electron chi connectivity index (χ2n) is 5.41. The third-order valence-electron chi connectivity index (χ3n) is 4.15. The fourth-order valence-corrected chi connectivity index (χ4v) is 2.88. The molecule has 1 heterocycles. The van der Waals surface area contributed by atoms with Gasteiger partial charge >= 0.3 is 6.03 Å². The van der Waals surface area contributed by atoms with Crippen LogP contribution in [0, 0.1) is 11.3 Å². The summed E-state index contributed by atoms with van der Waals surface area (Å²) in [6, 6.07) is -0.524. The first kappa shape index (κ1) is 10.7. The van der Waals surface area contributed by atoms with Crippen LogP contribution in [0.3, 0.4) is 0 Å². The molecule has 2 aliphatic carbocycles. The molecule has 0 aromatic heterocycles. The summed E-state index contributed by atoms with van der Waals surface area (Å²) >= 11 is 0. The maximum absolute atomic E-state index is 12.4. The van der Waals surface area contributed by atoms with E-state index in [1.165, 1.54) is 4.90 Å². The summed E-state index contributed by atoms with van der Waals surface area (Å²) < 4.78 is 0. The van der Waals surface area contributed by atoms with Gasteiger partial charge < -0.3 is 0 Å². The third-order valence-corrected chi connectivity index (χ3v) is 4.15. The Kier molecular flexibility index (Phi) is 2.24. The number of nitrogens with zero attached hydrogens (tertiary/aromatic N) is 1. The third kappa shape index (κ3) is 1.56. The number of imide groups is 2. The van der Waals surface area contributed by atoms with Crippen molar-refractivity contribution in [2.75, 3.05) is 6.54 Å². The van der Waals surface area contributed by atoms with Crippen LogP contribution in [-0.4, -0.2) is 29.3 Å². The zero-order valence-corrected chi connectivity index (χ0v) is 9.70. The van der Waals surface area contributed by atoms with E-state index in [9.17, 15) is 14.4 Å². The minimum absolute atomic E-state index is 0.254. The van der Waals surface area contributed by atoms with E-state index in [0.29, 0.717) is 25.3 Å². The van der Waals surface area contributed by atoms with Crippen molar-refractivity contribution >= 4 is 17.8 Å². The van der Waals surface area contributed by atoms with Crippen LogP contribution in [0.1, 0.15) is 38.5 Å². The quantitative estimate of drug-likeness (QED) is 0.728. The molecule has 92 valence electrons. The highest BCUT2D eigenvalue weighted by molar-refractivity contribution is 6.19. The van der Waals surface area contributed by atoms with Crippen molar-refractivity contribution in [1.29, 1.82) is 0 Å². The van der Waals surface area contributed by atoms with E-state index in [2.05, 4.69) is 5.32 Å². The van der Waals surface area contributed by atoms with E-state index in [0.717, 1.165) is 25.7 Å². The number of urea groups is 1. The summed E-state index contributed by atoms with van der Waals surface area (Å²) in [5, 5.41) is 2.35. The summed E-state index contributed by atoms with van der Waals surface area (Å²) in [7, 11) is 0. The van der Waals surface area contributed by atoms with Gasteiger partial charge in [-0.25, -0.2) is 4.79 Å². The van der Waals surface area contributed by atoms with E-state index in [4.69, 9.17) is 0 Å². The van der Waals surface area contributed by atoms with Gasteiger partial charge in [-0.2, -0.15) is 0 Å². The summed E-state index contributed by atoms with van der Waals surface area (Å²) in [6.45, 7) is 0.486. The molecule has 2 saturated carbocycles. The first-order valence-corrected chi connectivity index (χ1v) is 6.31. The molecule has 5 nitrogen and oxygen atoms in total. The van der Waals surface area contributed by atoms with Gasteiger partial charge in [0.2, 0.25) is 11.8 Å². The minimum Gasteiger partial charge on any atom is -0.277 e. The minimum atomic E-state index is -0.928. The molecule has 0 unspecified atom stereocenters. The molecule has 1 spiro atoms. The van der Waals surface area contributed by atoms with Crippen LogP contribution >= 0.6 is 0 Å². The van der Waals surface area contributed by atoms with Gasteiger partial charge in [-0.05, 0) is 31.6 Å². The maximum Gasteiger partial charge on any atom is 0.330 e. The smallest absolute Gasteiger partial charge is 0.277 e. The summed E-state index contributed by atoms with van der Waals surface area (Å²) in [5.74, 6) is -0.177. The molecule has 0 radical (unpaired) electrons. The Hall–Kier alpha value is -1.39. The number of hydrogen-bond acceptors (Lipinski definition) is 3. The van der Waals surface area contributed by atoms with Gasteiger partial charge in [0.15, 0.2) is 0 Å². The predicted molar refractivity (Wildman–Crippen MR) is 58.9 cm³/mol. The molecule has 3 fully saturated rings. The number of nitrogens with one attached hydrogen (secondary N) is 1. The van der Waals surface area contributed by atoms with Crippen LogP contribution < -0.4 is 5.32 Å². The Bertz CT molecular complexity index is 395. The van der Waals surface area contributed by atoms with Gasteiger partial charge in [0.25, 0.3) is 0 Å². The number of carbonyl (C=O) groups excluding carboxylic acids is 3. The Balaban J connectivity index is 1.87. The van der Waals surface area contributed by atoms with E-state index in [-0.39, 0.29) is 11.8 Å². The van der Waals surface area contributed by atoms with Crippen molar-refractivity contribution in [3.8, 4) is 0 Å². The van der Waals surface area contributed by atoms with Gasteiger partial charge in [-0.1, -0.05) is 12.8 Å². The van der Waals surface area contributed by atoms with Crippen molar-refractivity contribution in [3.05, 3.63) is 0 Å². The zero-order valence-electron chi connectivity index (χ0n) is 9.70. The number of carbonyl (C=O) groups is 3. The average molecular weight is 236 g/mol. The normalized spacial score (nSPS) is 27.8. The molecular weight excluding hydrogens is 220 g/mol. The van der Waals surface area contributed by atoms with E-state index >= 15 is 0 Å². The molecule has 5 heteroatoms. The molecule has 3 rings (SSSR count). The number of amides is 4. The van der Waals surface area contributed by atoms with E-state index in [1.54, 1.807) is 0 Å². The Morgan fingerprint density at radius 2 is 1.82 bits per heavy atom. The Labute approximate surface area is 99.5 Å². The molecule has 0 aromatic carbocycles. The monoisotopic (exact) mass is 236 g/mol. The summed E-state index contributed by atoms with van der Waals surface area (Å²) in [6.07, 6.45) is 5.13. The van der Waals surface area contributed by atoms with Crippen LogP contribution in [0.4, 0.5) is 4.79 Å². The molecule has 17 heavy (non-hydrogen) atoms. The van der Waals surface area contributed by atoms with Gasteiger partial charge in [0.1, 0.15) is 5.41 Å². The van der Waals surface area contributed by atoms with Gasteiger partial charge in [0, 0.05) is 6.54 Å². The highest BCUT2D eigenvalue weighted by Crippen LogP contribution is 2.42. The summed E-state index contributed by atoms with van der Waals surface area (Å²) in [5.41, 5.74) is -0.928. The standard InChI is InChI=1S/C12H16N2O3/c15-9-12(5-1-2-6-12)10(16)14(11(17)13-9)7-8-3-4-8/h8H,1-7H2,(H,13,15,17). The number of barbiturate groups is 1. The SMILES string of the molecule is O=C1NC(=O)C2(CCCC2)C(=O)N1CC1CC1. The fourth-order valence-electron chi connectivity index (χ4n) is 2.88. The molecule has 0 atom stereocenters. The number of rotatable bonds is 2. The lowest BCUT2D eigenvalue weighted by atomic mass is 9.82. The molecule has 1 N–H and O–H groups in total. The predicted octanol–water partition coefficient (Wildman–Crippen LogP) is 1.04. The lowest BCUT2D eigenvalue weighted by molar-refractivity contribution is -0.151. The molecule has 1 aliphatic heterocycles. The van der Waals surface area contributed by atoms with Gasteiger partial charge in [0.05, 0.1) is 0 Å². The zero-order chi connectivity index (χ0) is 12.0. The second kappa shape index (κ2) is 3.55. The molecule has 3 aliphatic rings. The van der Waals surface area contributed by atoms with Crippen molar-refractivity contribution in [1.82, 2.24) is 10.2 Å². The largest absolute Gasteiger partial charge is 0.330 e. The second-order valence-corrected chi connectivity index (χ2v) is 5.41. The van der Waals surface area contributed by atoms with Crippen LogP contribution in [0.25, 0.3) is 0 Å². The highest BCUT2D eigenvalue weighted by Gasteiger charge is 2.55. The lowest BCUT2D eigenvalue weighted by Crippen LogP contribution is -2.63. The Morgan fingerprint density at radius 1 is 1.18 bits per heavy atom. The molecule has 0 bridgehead atoms. The van der Waals surface area contributed by atoms with E-state index in [1.807, 2.05) is 0 Å². The fraction of sp³-hybridized carbons (Fsp3) is 0.750. The van der Waals surface area contributed by atoms with E-state index < -0.39 is 11.4 Å². The van der Waals surface area contributed by atoms with Crippen LogP contribution in [0.5, 0.6) is 0 Å². The topological polar surface area (TPSA) is 66.5 Å². The number of hydrogen-bond donors (Lipinski definition) is 1.